The second kappa shape index (κ2) is 6.01. The highest BCUT2D eigenvalue weighted by molar-refractivity contribution is 5.93. The Bertz CT molecular complexity index is 690. The van der Waals surface area contributed by atoms with Gasteiger partial charge < -0.3 is 15.2 Å². The molecule has 0 bridgehead atoms. The monoisotopic (exact) mass is 298 g/mol. The van der Waals surface area contributed by atoms with E-state index in [1.165, 1.54) is 6.92 Å². The zero-order valence-electron chi connectivity index (χ0n) is 12.4. The quantitative estimate of drug-likeness (QED) is 0.910. The molecular weight excluding hydrogens is 280 g/mol. The molecule has 0 radical (unpaired) electrons. The summed E-state index contributed by atoms with van der Waals surface area (Å²) >= 11 is 0. The fourth-order valence-electron chi connectivity index (χ4n) is 2.66. The van der Waals surface area contributed by atoms with Gasteiger partial charge in [-0.2, -0.15) is 0 Å². The van der Waals surface area contributed by atoms with Crippen LogP contribution in [0.4, 0.5) is 11.4 Å². The molecule has 0 saturated carbocycles. The molecule has 2 aromatic rings. The predicted molar refractivity (Wildman–Crippen MR) is 83.4 cm³/mol. The number of carbonyl (C=O) groups is 2. The van der Waals surface area contributed by atoms with Crippen molar-refractivity contribution in [2.75, 3.05) is 10.6 Å². The third kappa shape index (κ3) is 3.16. The Morgan fingerprint density at radius 2 is 1.86 bits per heavy atom. The lowest BCUT2D eigenvalue weighted by Crippen LogP contribution is -2.30. The van der Waals surface area contributed by atoms with Crippen molar-refractivity contribution >= 4 is 23.2 Å². The number of nitrogens with one attached hydrogen (secondary N) is 2. The van der Waals surface area contributed by atoms with Crippen molar-refractivity contribution in [3.63, 3.8) is 0 Å². The minimum atomic E-state index is -0.116. The Hall–Kier alpha value is -2.63. The molecule has 1 aromatic heterocycles. The summed E-state index contributed by atoms with van der Waals surface area (Å²) in [5.41, 5.74) is 1.44. The van der Waals surface area contributed by atoms with Crippen molar-refractivity contribution in [2.45, 2.75) is 26.3 Å². The van der Waals surface area contributed by atoms with Gasteiger partial charge in [-0.3, -0.25) is 9.59 Å². The first-order valence-electron chi connectivity index (χ1n) is 7.30. The number of amides is 2. The Morgan fingerprint density at radius 3 is 2.55 bits per heavy atom. The minimum absolute atomic E-state index is 0.0153. The molecule has 1 aliphatic rings. The number of hydrogen-bond acceptors (Lipinski definition) is 3. The van der Waals surface area contributed by atoms with Crippen LogP contribution in [0.2, 0.25) is 0 Å². The maximum absolute atomic E-state index is 12.3. The number of aromatic nitrogens is 2. The summed E-state index contributed by atoms with van der Waals surface area (Å²) in [5.74, 6) is 0.813. The number of nitrogens with zero attached hydrogens (tertiary/aromatic N) is 2. The summed E-state index contributed by atoms with van der Waals surface area (Å²) in [6.45, 7) is 2.29. The molecule has 6 nitrogen and oxygen atoms in total. The third-order valence-corrected chi connectivity index (χ3v) is 3.79. The van der Waals surface area contributed by atoms with Gasteiger partial charge in [0.1, 0.15) is 5.82 Å². The topological polar surface area (TPSA) is 76.0 Å². The smallest absolute Gasteiger partial charge is 0.228 e. The molecule has 1 atom stereocenters. The van der Waals surface area contributed by atoms with Crippen LogP contribution in [0, 0.1) is 5.92 Å². The molecule has 0 fully saturated rings. The molecular formula is C16H18N4O2. The van der Waals surface area contributed by atoms with Crippen LogP contribution in [-0.4, -0.2) is 21.4 Å². The van der Waals surface area contributed by atoms with Crippen molar-refractivity contribution < 1.29 is 9.59 Å². The second-order valence-corrected chi connectivity index (χ2v) is 5.47. The van der Waals surface area contributed by atoms with Gasteiger partial charge in [-0.1, -0.05) is 0 Å². The molecule has 2 N–H and O–H groups in total. The first-order valence-corrected chi connectivity index (χ1v) is 7.30. The first kappa shape index (κ1) is 14.3. The van der Waals surface area contributed by atoms with Crippen LogP contribution >= 0.6 is 0 Å². The van der Waals surface area contributed by atoms with E-state index in [0.29, 0.717) is 12.1 Å². The highest BCUT2D eigenvalue weighted by atomic mass is 16.2. The van der Waals surface area contributed by atoms with Crippen molar-refractivity contribution in [3.05, 3.63) is 42.5 Å². The van der Waals surface area contributed by atoms with Gasteiger partial charge in [-0.15, -0.1) is 0 Å². The molecule has 3 rings (SSSR count). The maximum Gasteiger partial charge on any atom is 0.228 e. The maximum atomic E-state index is 12.3. The first-order chi connectivity index (χ1) is 10.6. The number of aryl methyl sites for hydroxylation is 1. The summed E-state index contributed by atoms with van der Waals surface area (Å²) in [4.78, 5) is 27.6. The molecule has 1 aromatic carbocycles. The van der Waals surface area contributed by atoms with Crippen molar-refractivity contribution in [1.82, 2.24) is 9.55 Å². The highest BCUT2D eigenvalue weighted by Crippen LogP contribution is 2.21. The summed E-state index contributed by atoms with van der Waals surface area (Å²) in [5, 5.41) is 5.62. The number of hydrogen-bond donors (Lipinski definition) is 2. The summed E-state index contributed by atoms with van der Waals surface area (Å²) in [7, 11) is 0. The van der Waals surface area contributed by atoms with Gasteiger partial charge in [0.2, 0.25) is 11.8 Å². The van der Waals surface area contributed by atoms with E-state index < -0.39 is 0 Å². The van der Waals surface area contributed by atoms with Crippen LogP contribution in [-0.2, 0) is 22.6 Å². The van der Waals surface area contributed by atoms with Crippen molar-refractivity contribution in [3.8, 4) is 0 Å². The SMILES string of the molecule is CC(=O)Nc1ccc(NC(=O)C2CCn3ccnc3C2)cc1. The molecule has 6 heteroatoms. The van der Waals surface area contributed by atoms with E-state index in [2.05, 4.69) is 20.2 Å². The number of rotatable bonds is 3. The molecule has 2 heterocycles. The Labute approximate surface area is 128 Å². The van der Waals surface area contributed by atoms with Crippen LogP contribution in [0.5, 0.6) is 0 Å². The van der Waals surface area contributed by atoms with Gasteiger partial charge in [0.05, 0.1) is 0 Å². The molecule has 1 aliphatic heterocycles. The van der Waals surface area contributed by atoms with Gasteiger partial charge in [0.25, 0.3) is 0 Å². The van der Waals surface area contributed by atoms with E-state index in [4.69, 9.17) is 0 Å². The van der Waals surface area contributed by atoms with E-state index >= 15 is 0 Å². The lowest BCUT2D eigenvalue weighted by molar-refractivity contribution is -0.120. The van der Waals surface area contributed by atoms with Crippen molar-refractivity contribution in [1.29, 1.82) is 0 Å². The van der Waals surface area contributed by atoms with Gasteiger partial charge in [-0.25, -0.2) is 4.98 Å². The number of imidazole rings is 1. The fraction of sp³-hybridized carbons (Fsp3) is 0.312. The Kier molecular flexibility index (Phi) is 3.91. The van der Waals surface area contributed by atoms with Crippen LogP contribution in [0.15, 0.2) is 36.7 Å². The van der Waals surface area contributed by atoms with Crippen LogP contribution in [0.1, 0.15) is 19.2 Å². The van der Waals surface area contributed by atoms with Crippen LogP contribution in [0.25, 0.3) is 0 Å². The van der Waals surface area contributed by atoms with Crippen LogP contribution < -0.4 is 10.6 Å². The van der Waals surface area contributed by atoms with E-state index in [1.54, 1.807) is 30.5 Å². The molecule has 2 amide bonds. The average Bonchev–Trinajstić information content (AvgIpc) is 2.96. The van der Waals surface area contributed by atoms with E-state index in [-0.39, 0.29) is 17.7 Å². The van der Waals surface area contributed by atoms with Crippen LogP contribution in [0.3, 0.4) is 0 Å². The number of carbonyl (C=O) groups excluding carboxylic acids is 2. The minimum Gasteiger partial charge on any atom is -0.335 e. The lowest BCUT2D eigenvalue weighted by atomic mass is 9.97. The highest BCUT2D eigenvalue weighted by Gasteiger charge is 2.25. The Morgan fingerprint density at radius 1 is 1.18 bits per heavy atom. The fourth-order valence-corrected chi connectivity index (χ4v) is 2.66. The zero-order chi connectivity index (χ0) is 15.5. The van der Waals surface area contributed by atoms with Crippen molar-refractivity contribution in [2.24, 2.45) is 5.92 Å². The molecule has 1 unspecified atom stereocenters. The molecule has 0 aliphatic carbocycles. The summed E-state index contributed by atoms with van der Waals surface area (Å²) in [6, 6.07) is 7.11. The number of anilines is 2. The second-order valence-electron chi connectivity index (χ2n) is 5.47. The molecule has 0 saturated heterocycles. The van der Waals surface area contributed by atoms with E-state index in [1.807, 2.05) is 6.20 Å². The summed E-state index contributed by atoms with van der Waals surface area (Å²) in [6.07, 6.45) is 5.21. The third-order valence-electron chi connectivity index (χ3n) is 3.79. The number of benzene rings is 1. The Balaban J connectivity index is 1.61. The molecule has 114 valence electrons. The van der Waals surface area contributed by atoms with Gasteiger partial charge in [0, 0.05) is 49.6 Å². The van der Waals surface area contributed by atoms with E-state index in [0.717, 1.165) is 24.5 Å². The average molecular weight is 298 g/mol. The number of fused-ring (bicyclic) bond motifs is 1. The van der Waals surface area contributed by atoms with Gasteiger partial charge in [0.15, 0.2) is 0 Å². The van der Waals surface area contributed by atoms with E-state index in [9.17, 15) is 9.59 Å². The largest absolute Gasteiger partial charge is 0.335 e. The lowest BCUT2D eigenvalue weighted by Gasteiger charge is -2.22. The summed E-state index contributed by atoms with van der Waals surface area (Å²) < 4.78 is 2.09. The molecule has 22 heavy (non-hydrogen) atoms. The molecule has 0 spiro atoms. The normalized spacial score (nSPS) is 16.7. The van der Waals surface area contributed by atoms with Gasteiger partial charge >= 0.3 is 0 Å². The predicted octanol–water partition coefficient (Wildman–Crippen LogP) is 2.04. The van der Waals surface area contributed by atoms with Gasteiger partial charge in [-0.05, 0) is 30.7 Å². The zero-order valence-corrected chi connectivity index (χ0v) is 12.4. The standard InChI is InChI=1S/C16H18N4O2/c1-11(21)18-13-2-4-14(5-3-13)19-16(22)12-6-8-20-9-7-17-15(20)10-12/h2-5,7,9,12H,6,8,10H2,1H3,(H,18,21)(H,19,22).